The molecule has 1 fully saturated rings. The standard InChI is InChI=1S/C19H35N5O2.HI/c1-19(2,3)16-13-21-17(26-16)14-23-18(20-4)22-12-15-6-8-24(9-7-15)10-11-25-5;/h13,15H,6-12,14H2,1-5H3,(H2,20,22,23);1H. The Labute approximate surface area is 180 Å². The lowest BCUT2D eigenvalue weighted by Crippen LogP contribution is -2.43. The van der Waals surface area contributed by atoms with Crippen LogP contribution in [0.25, 0.3) is 0 Å². The fraction of sp³-hybridized carbons (Fsp3) is 0.789. The van der Waals surface area contributed by atoms with E-state index < -0.39 is 0 Å². The highest BCUT2D eigenvalue weighted by atomic mass is 127. The summed E-state index contributed by atoms with van der Waals surface area (Å²) in [5.74, 6) is 3.06. The molecule has 27 heavy (non-hydrogen) atoms. The van der Waals surface area contributed by atoms with Gasteiger partial charge >= 0.3 is 0 Å². The first-order valence-electron chi connectivity index (χ1n) is 9.53. The van der Waals surface area contributed by atoms with Gasteiger partial charge in [0.25, 0.3) is 0 Å². The topological polar surface area (TPSA) is 74.9 Å². The van der Waals surface area contributed by atoms with Crippen LogP contribution in [0.2, 0.25) is 0 Å². The van der Waals surface area contributed by atoms with E-state index in [0.717, 1.165) is 44.5 Å². The fourth-order valence-electron chi connectivity index (χ4n) is 2.99. The molecule has 1 aliphatic rings. The fourth-order valence-corrected chi connectivity index (χ4v) is 2.99. The number of piperidine rings is 1. The molecule has 0 unspecified atom stereocenters. The molecule has 156 valence electrons. The van der Waals surface area contributed by atoms with Crippen molar-refractivity contribution in [2.75, 3.05) is 46.9 Å². The third-order valence-corrected chi connectivity index (χ3v) is 4.80. The minimum absolute atomic E-state index is 0. The molecular formula is C19H36IN5O2. The van der Waals surface area contributed by atoms with Gasteiger partial charge in [0.15, 0.2) is 5.96 Å². The maximum atomic E-state index is 5.81. The Balaban J connectivity index is 0.00000364. The lowest BCUT2D eigenvalue weighted by Gasteiger charge is -2.32. The maximum Gasteiger partial charge on any atom is 0.213 e. The van der Waals surface area contributed by atoms with Crippen molar-refractivity contribution in [3.63, 3.8) is 0 Å². The number of hydrogen-bond acceptors (Lipinski definition) is 5. The van der Waals surface area contributed by atoms with Gasteiger partial charge in [-0.1, -0.05) is 20.8 Å². The van der Waals surface area contributed by atoms with Crippen molar-refractivity contribution >= 4 is 29.9 Å². The number of halogens is 1. The molecule has 0 saturated carbocycles. The van der Waals surface area contributed by atoms with Gasteiger partial charge in [0.2, 0.25) is 5.89 Å². The number of aromatic nitrogens is 1. The first-order chi connectivity index (χ1) is 12.4. The van der Waals surface area contributed by atoms with Crippen LogP contribution in [0.4, 0.5) is 0 Å². The van der Waals surface area contributed by atoms with Gasteiger partial charge in [-0.05, 0) is 31.8 Å². The van der Waals surface area contributed by atoms with Crippen LogP contribution in [-0.4, -0.2) is 62.8 Å². The molecule has 2 heterocycles. The van der Waals surface area contributed by atoms with E-state index in [-0.39, 0.29) is 29.4 Å². The van der Waals surface area contributed by atoms with E-state index in [1.807, 2.05) is 6.20 Å². The Kier molecular flexibility index (Phi) is 10.6. The number of hydrogen-bond donors (Lipinski definition) is 2. The average molecular weight is 493 g/mol. The number of nitrogens with one attached hydrogen (secondary N) is 2. The smallest absolute Gasteiger partial charge is 0.213 e. The third kappa shape index (κ3) is 8.35. The summed E-state index contributed by atoms with van der Waals surface area (Å²) in [6, 6.07) is 0. The second-order valence-corrected chi connectivity index (χ2v) is 7.95. The summed E-state index contributed by atoms with van der Waals surface area (Å²) in [7, 11) is 3.55. The second-order valence-electron chi connectivity index (χ2n) is 7.95. The van der Waals surface area contributed by atoms with E-state index in [1.54, 1.807) is 14.2 Å². The molecule has 8 heteroatoms. The third-order valence-electron chi connectivity index (χ3n) is 4.80. The molecule has 0 aliphatic carbocycles. The van der Waals surface area contributed by atoms with Crippen LogP contribution in [0.3, 0.4) is 0 Å². The number of guanidine groups is 1. The molecule has 0 atom stereocenters. The van der Waals surface area contributed by atoms with Crippen LogP contribution in [-0.2, 0) is 16.7 Å². The molecule has 1 saturated heterocycles. The summed E-state index contributed by atoms with van der Waals surface area (Å²) in [5.41, 5.74) is -0.0245. The largest absolute Gasteiger partial charge is 0.443 e. The zero-order valence-electron chi connectivity index (χ0n) is 17.4. The van der Waals surface area contributed by atoms with Crippen LogP contribution >= 0.6 is 24.0 Å². The number of ether oxygens (including phenoxy) is 1. The number of nitrogens with zero attached hydrogens (tertiary/aromatic N) is 3. The molecule has 1 aromatic rings. The Morgan fingerprint density at radius 2 is 2.04 bits per heavy atom. The minimum atomic E-state index is -0.0245. The van der Waals surface area contributed by atoms with E-state index in [1.165, 1.54) is 12.8 Å². The van der Waals surface area contributed by atoms with Crippen molar-refractivity contribution in [3.05, 3.63) is 17.8 Å². The van der Waals surface area contributed by atoms with E-state index in [2.05, 4.69) is 46.3 Å². The Morgan fingerprint density at radius 1 is 1.33 bits per heavy atom. The van der Waals surface area contributed by atoms with Crippen molar-refractivity contribution in [3.8, 4) is 0 Å². The van der Waals surface area contributed by atoms with Crippen LogP contribution in [0.5, 0.6) is 0 Å². The summed E-state index contributed by atoms with van der Waals surface area (Å²) in [4.78, 5) is 11.1. The summed E-state index contributed by atoms with van der Waals surface area (Å²) in [6.45, 7) is 12.0. The highest BCUT2D eigenvalue weighted by Crippen LogP contribution is 2.22. The molecule has 0 bridgehead atoms. The molecule has 7 nitrogen and oxygen atoms in total. The van der Waals surface area contributed by atoms with Gasteiger partial charge in [-0.2, -0.15) is 0 Å². The summed E-state index contributed by atoms with van der Waals surface area (Å²) in [6.07, 6.45) is 4.23. The van der Waals surface area contributed by atoms with Crippen molar-refractivity contribution < 1.29 is 9.15 Å². The molecule has 1 aromatic heterocycles. The first kappa shape index (κ1) is 24.2. The molecule has 2 rings (SSSR count). The predicted octanol–water partition coefficient (Wildman–Crippen LogP) is 2.61. The monoisotopic (exact) mass is 493 g/mol. The van der Waals surface area contributed by atoms with Crippen LogP contribution < -0.4 is 10.6 Å². The molecule has 2 N–H and O–H groups in total. The molecular weight excluding hydrogens is 457 g/mol. The van der Waals surface area contributed by atoms with Gasteiger partial charge in [0.1, 0.15) is 5.76 Å². The molecule has 0 spiro atoms. The van der Waals surface area contributed by atoms with E-state index in [9.17, 15) is 0 Å². The van der Waals surface area contributed by atoms with Crippen LogP contribution in [0.1, 0.15) is 45.3 Å². The van der Waals surface area contributed by atoms with Crippen molar-refractivity contribution in [1.29, 1.82) is 0 Å². The Hall–Kier alpha value is -0.870. The lowest BCUT2D eigenvalue weighted by atomic mass is 9.94. The number of methoxy groups -OCH3 is 1. The van der Waals surface area contributed by atoms with Crippen LogP contribution in [0, 0.1) is 5.92 Å². The normalized spacial score (nSPS) is 16.9. The van der Waals surface area contributed by atoms with Gasteiger partial charge in [-0.3, -0.25) is 4.99 Å². The second kappa shape index (κ2) is 11.9. The van der Waals surface area contributed by atoms with Gasteiger partial charge in [-0.15, -0.1) is 24.0 Å². The number of oxazole rings is 1. The van der Waals surface area contributed by atoms with Gasteiger partial charge in [0.05, 0.1) is 19.3 Å². The highest BCUT2D eigenvalue weighted by Gasteiger charge is 2.20. The van der Waals surface area contributed by atoms with Gasteiger partial charge < -0.3 is 24.7 Å². The zero-order chi connectivity index (χ0) is 19.0. The average Bonchev–Trinajstić information content (AvgIpc) is 3.10. The molecule has 0 aromatic carbocycles. The van der Waals surface area contributed by atoms with Crippen molar-refractivity contribution in [1.82, 2.24) is 20.5 Å². The molecule has 1 aliphatic heterocycles. The van der Waals surface area contributed by atoms with E-state index in [4.69, 9.17) is 9.15 Å². The van der Waals surface area contributed by atoms with Gasteiger partial charge in [-0.25, -0.2) is 4.98 Å². The highest BCUT2D eigenvalue weighted by molar-refractivity contribution is 14.0. The van der Waals surface area contributed by atoms with Crippen molar-refractivity contribution in [2.24, 2.45) is 10.9 Å². The molecule has 0 amide bonds. The summed E-state index contributed by atoms with van der Waals surface area (Å²) >= 11 is 0. The first-order valence-corrected chi connectivity index (χ1v) is 9.53. The quantitative estimate of drug-likeness (QED) is 0.346. The lowest BCUT2D eigenvalue weighted by molar-refractivity contribution is 0.121. The Bertz CT molecular complexity index is 563. The SMILES string of the molecule is CN=C(NCc1ncc(C(C)(C)C)o1)NCC1CCN(CCOC)CC1.I. The predicted molar refractivity (Wildman–Crippen MR) is 120 cm³/mol. The van der Waals surface area contributed by atoms with E-state index in [0.29, 0.717) is 18.4 Å². The number of rotatable bonds is 7. The van der Waals surface area contributed by atoms with E-state index >= 15 is 0 Å². The maximum absolute atomic E-state index is 5.81. The zero-order valence-corrected chi connectivity index (χ0v) is 19.7. The molecule has 0 radical (unpaired) electrons. The number of likely N-dealkylation sites (tertiary alicyclic amines) is 1. The summed E-state index contributed by atoms with van der Waals surface area (Å²) in [5, 5.41) is 6.71. The number of aliphatic imine (C=N–C) groups is 1. The van der Waals surface area contributed by atoms with Crippen LogP contribution in [0.15, 0.2) is 15.6 Å². The summed E-state index contributed by atoms with van der Waals surface area (Å²) < 4.78 is 11.0. The Morgan fingerprint density at radius 3 is 2.59 bits per heavy atom. The van der Waals surface area contributed by atoms with Crippen molar-refractivity contribution in [2.45, 2.75) is 45.6 Å². The minimum Gasteiger partial charge on any atom is -0.443 e. The van der Waals surface area contributed by atoms with Gasteiger partial charge in [0, 0.05) is 32.7 Å².